The van der Waals surface area contributed by atoms with Crippen molar-refractivity contribution in [2.24, 2.45) is 0 Å². The van der Waals surface area contributed by atoms with E-state index in [1.54, 1.807) is 14.2 Å². The molecule has 0 aliphatic carbocycles. The predicted octanol–water partition coefficient (Wildman–Crippen LogP) is 4.27. The van der Waals surface area contributed by atoms with Crippen molar-refractivity contribution in [2.45, 2.75) is 12.8 Å². The molecule has 0 aliphatic rings. The van der Waals surface area contributed by atoms with Crippen molar-refractivity contribution in [3.63, 3.8) is 0 Å². The van der Waals surface area contributed by atoms with Crippen LogP contribution in [0.4, 0.5) is 0 Å². The average Bonchev–Trinajstić information content (AvgIpc) is 3.15. The van der Waals surface area contributed by atoms with Gasteiger partial charge in [0.1, 0.15) is 11.5 Å². The van der Waals surface area contributed by atoms with Crippen molar-refractivity contribution < 1.29 is 19.0 Å². The number of benzene rings is 2. The molecule has 0 atom stereocenters. The van der Waals surface area contributed by atoms with E-state index in [1.807, 2.05) is 54.6 Å². The van der Waals surface area contributed by atoms with Crippen molar-refractivity contribution in [1.82, 2.24) is 4.57 Å². The van der Waals surface area contributed by atoms with Crippen molar-refractivity contribution in [2.75, 3.05) is 21.3 Å². The Balaban J connectivity index is 2.10. The molecular weight excluding hydrogens is 342 g/mol. The van der Waals surface area contributed by atoms with E-state index >= 15 is 0 Å². The maximum absolute atomic E-state index is 11.6. The summed E-state index contributed by atoms with van der Waals surface area (Å²) in [5, 5.41) is 0. The number of ether oxygens (including phenoxy) is 3. The molecule has 0 fully saturated rings. The monoisotopic (exact) mass is 365 g/mol. The standard InChI is InChI=1S/C22H23NO4/c1-25-18-12-8-16(9-13-18)19-14-10-17(11-15-22(24)27-3)23(19)20-6-4-5-7-21(20)26-2/h4-10,12-14H,11,15H2,1-3H3. The van der Waals surface area contributed by atoms with Crippen molar-refractivity contribution in [3.8, 4) is 28.4 Å². The van der Waals surface area contributed by atoms with Gasteiger partial charge in [0.25, 0.3) is 0 Å². The molecule has 3 rings (SSSR count). The van der Waals surface area contributed by atoms with Gasteiger partial charge in [-0.25, -0.2) is 0 Å². The van der Waals surface area contributed by atoms with E-state index in [-0.39, 0.29) is 5.97 Å². The quantitative estimate of drug-likeness (QED) is 0.587. The van der Waals surface area contributed by atoms with Crippen molar-refractivity contribution in [3.05, 3.63) is 66.4 Å². The molecule has 3 aromatic rings. The Hall–Kier alpha value is -3.21. The molecule has 0 bridgehead atoms. The van der Waals surface area contributed by atoms with Gasteiger partial charge in [0, 0.05) is 5.69 Å². The van der Waals surface area contributed by atoms with E-state index in [4.69, 9.17) is 14.2 Å². The summed E-state index contributed by atoms with van der Waals surface area (Å²) in [6.45, 7) is 0. The smallest absolute Gasteiger partial charge is 0.305 e. The van der Waals surface area contributed by atoms with Crippen LogP contribution < -0.4 is 9.47 Å². The van der Waals surface area contributed by atoms with Gasteiger partial charge in [-0.05, 0) is 60.5 Å². The van der Waals surface area contributed by atoms with Gasteiger partial charge in [-0.3, -0.25) is 4.79 Å². The first-order valence-corrected chi connectivity index (χ1v) is 8.73. The van der Waals surface area contributed by atoms with Crippen LogP contribution in [0.5, 0.6) is 11.5 Å². The van der Waals surface area contributed by atoms with Gasteiger partial charge in [0.05, 0.1) is 39.1 Å². The summed E-state index contributed by atoms with van der Waals surface area (Å²) in [6.07, 6.45) is 0.887. The Morgan fingerprint density at radius 2 is 1.63 bits per heavy atom. The van der Waals surface area contributed by atoms with E-state index in [1.165, 1.54) is 7.11 Å². The molecule has 1 aromatic heterocycles. The van der Waals surface area contributed by atoms with E-state index in [0.717, 1.165) is 34.1 Å². The summed E-state index contributed by atoms with van der Waals surface area (Å²) in [5.74, 6) is 1.34. The van der Waals surface area contributed by atoms with E-state index in [2.05, 4.69) is 10.6 Å². The molecule has 0 aliphatic heterocycles. The number of esters is 1. The third kappa shape index (κ3) is 3.97. The molecule has 0 amide bonds. The number of para-hydroxylation sites is 2. The molecule has 2 aromatic carbocycles. The first kappa shape index (κ1) is 18.6. The number of carbonyl (C=O) groups excluding carboxylic acids is 1. The van der Waals surface area contributed by atoms with Crippen LogP contribution in [0.2, 0.25) is 0 Å². The fourth-order valence-electron chi connectivity index (χ4n) is 3.09. The van der Waals surface area contributed by atoms with Crippen molar-refractivity contribution >= 4 is 5.97 Å². The zero-order chi connectivity index (χ0) is 19.2. The number of hydrogen-bond donors (Lipinski definition) is 0. The lowest BCUT2D eigenvalue weighted by molar-refractivity contribution is -0.140. The minimum absolute atomic E-state index is 0.228. The van der Waals surface area contributed by atoms with Crippen LogP contribution in [-0.2, 0) is 16.0 Å². The maximum atomic E-state index is 11.6. The highest BCUT2D eigenvalue weighted by Gasteiger charge is 2.16. The third-order valence-electron chi connectivity index (χ3n) is 4.49. The Labute approximate surface area is 159 Å². The largest absolute Gasteiger partial charge is 0.497 e. The number of aromatic nitrogens is 1. The zero-order valence-electron chi connectivity index (χ0n) is 15.8. The number of nitrogens with zero attached hydrogens (tertiary/aromatic N) is 1. The van der Waals surface area contributed by atoms with Gasteiger partial charge in [0.15, 0.2) is 0 Å². The summed E-state index contributed by atoms with van der Waals surface area (Å²) in [6, 6.07) is 19.8. The lowest BCUT2D eigenvalue weighted by Gasteiger charge is -2.17. The number of hydrogen-bond acceptors (Lipinski definition) is 4. The lowest BCUT2D eigenvalue weighted by atomic mass is 10.1. The Kier molecular flexibility index (Phi) is 5.81. The number of carbonyl (C=O) groups is 1. The molecule has 140 valence electrons. The molecule has 0 N–H and O–H groups in total. The van der Waals surface area contributed by atoms with Crippen LogP contribution in [0.25, 0.3) is 16.9 Å². The number of aryl methyl sites for hydroxylation is 1. The molecule has 1 heterocycles. The molecule has 0 saturated carbocycles. The van der Waals surface area contributed by atoms with Gasteiger partial charge >= 0.3 is 5.97 Å². The van der Waals surface area contributed by atoms with Gasteiger partial charge in [-0.1, -0.05) is 12.1 Å². The topological polar surface area (TPSA) is 49.7 Å². The molecule has 0 saturated heterocycles. The summed E-state index contributed by atoms with van der Waals surface area (Å²) in [5.41, 5.74) is 4.00. The Bertz CT molecular complexity index is 912. The second-order valence-electron chi connectivity index (χ2n) is 6.02. The third-order valence-corrected chi connectivity index (χ3v) is 4.49. The molecular formula is C22H23NO4. The fraction of sp³-hybridized carbons (Fsp3) is 0.227. The molecule has 0 radical (unpaired) electrons. The first-order valence-electron chi connectivity index (χ1n) is 8.73. The molecule has 5 heteroatoms. The summed E-state index contributed by atoms with van der Waals surface area (Å²) < 4.78 is 17.7. The van der Waals surface area contributed by atoms with Crippen LogP contribution in [0, 0.1) is 0 Å². The highest BCUT2D eigenvalue weighted by atomic mass is 16.5. The maximum Gasteiger partial charge on any atom is 0.305 e. The second kappa shape index (κ2) is 8.45. The number of rotatable bonds is 7. The molecule has 0 unspecified atom stereocenters. The summed E-state index contributed by atoms with van der Waals surface area (Å²) >= 11 is 0. The van der Waals surface area contributed by atoms with Gasteiger partial charge in [-0.15, -0.1) is 0 Å². The lowest BCUT2D eigenvalue weighted by Crippen LogP contribution is -2.07. The van der Waals surface area contributed by atoms with Crippen LogP contribution in [0.15, 0.2) is 60.7 Å². The molecule has 27 heavy (non-hydrogen) atoms. The summed E-state index contributed by atoms with van der Waals surface area (Å²) in [7, 11) is 4.71. The normalized spacial score (nSPS) is 10.5. The fourth-order valence-corrected chi connectivity index (χ4v) is 3.09. The van der Waals surface area contributed by atoms with Gasteiger partial charge in [-0.2, -0.15) is 0 Å². The van der Waals surface area contributed by atoms with Crippen molar-refractivity contribution in [1.29, 1.82) is 0 Å². The van der Waals surface area contributed by atoms with Gasteiger partial charge in [0.2, 0.25) is 0 Å². The van der Waals surface area contributed by atoms with Crippen LogP contribution in [0.1, 0.15) is 12.1 Å². The predicted molar refractivity (Wildman–Crippen MR) is 105 cm³/mol. The minimum atomic E-state index is -0.228. The highest BCUT2D eigenvalue weighted by Crippen LogP contribution is 2.32. The SMILES string of the molecule is COC(=O)CCc1ccc(-c2ccc(OC)cc2)n1-c1ccccc1OC. The molecule has 0 spiro atoms. The minimum Gasteiger partial charge on any atom is -0.497 e. The van der Waals surface area contributed by atoms with Crippen LogP contribution in [-0.4, -0.2) is 31.9 Å². The zero-order valence-corrected chi connectivity index (χ0v) is 15.8. The highest BCUT2D eigenvalue weighted by molar-refractivity contribution is 5.70. The molecule has 5 nitrogen and oxygen atoms in total. The number of methoxy groups -OCH3 is 3. The Morgan fingerprint density at radius 1 is 0.889 bits per heavy atom. The van der Waals surface area contributed by atoms with E-state index < -0.39 is 0 Å². The average molecular weight is 365 g/mol. The van der Waals surface area contributed by atoms with Crippen LogP contribution in [0.3, 0.4) is 0 Å². The first-order chi connectivity index (χ1) is 13.2. The Morgan fingerprint density at radius 3 is 2.30 bits per heavy atom. The second-order valence-corrected chi connectivity index (χ2v) is 6.02. The van der Waals surface area contributed by atoms with Crippen LogP contribution >= 0.6 is 0 Å². The van der Waals surface area contributed by atoms with E-state index in [0.29, 0.717) is 12.8 Å². The van der Waals surface area contributed by atoms with Gasteiger partial charge < -0.3 is 18.8 Å². The van der Waals surface area contributed by atoms with E-state index in [9.17, 15) is 4.79 Å². The summed E-state index contributed by atoms with van der Waals surface area (Å²) in [4.78, 5) is 11.6.